The molecule has 0 aromatic heterocycles. The van der Waals surface area contributed by atoms with Crippen molar-refractivity contribution >= 4 is 32.6 Å². The van der Waals surface area contributed by atoms with Gasteiger partial charge in [-0.25, -0.2) is 8.42 Å². The highest BCUT2D eigenvalue weighted by Crippen LogP contribution is 2.20. The second-order valence-corrected chi connectivity index (χ2v) is 9.16. The van der Waals surface area contributed by atoms with Crippen LogP contribution in [0, 0.1) is 3.57 Å². The summed E-state index contributed by atoms with van der Waals surface area (Å²) in [7, 11) is -3.31. The largest absolute Gasteiger partial charge is 0.375 e. The molecule has 0 N–H and O–H groups in total. The first-order valence-electron chi connectivity index (χ1n) is 8.07. The Morgan fingerprint density at radius 1 is 1.04 bits per heavy atom. The molecule has 25 heavy (non-hydrogen) atoms. The van der Waals surface area contributed by atoms with Crippen molar-refractivity contribution < 1.29 is 13.2 Å². The van der Waals surface area contributed by atoms with Crippen molar-refractivity contribution in [2.45, 2.75) is 19.2 Å². The van der Waals surface area contributed by atoms with Gasteiger partial charge in [-0.05, 0) is 45.9 Å². The summed E-state index contributed by atoms with van der Waals surface area (Å²) in [5.74, 6) is 0.0482. The lowest BCUT2D eigenvalue weighted by molar-refractivity contribution is 0.0889. The zero-order valence-corrected chi connectivity index (χ0v) is 16.7. The molecule has 4 nitrogen and oxygen atoms in total. The molecule has 0 spiro atoms. The van der Waals surface area contributed by atoms with E-state index in [9.17, 15) is 8.42 Å². The molecule has 2 aromatic carbocycles. The van der Waals surface area contributed by atoms with Crippen molar-refractivity contribution in [2.24, 2.45) is 0 Å². The fourth-order valence-corrected chi connectivity index (χ4v) is 4.52. The molecule has 3 rings (SSSR count). The number of ether oxygens (including phenoxy) is 1. The second kappa shape index (κ2) is 8.44. The molecule has 0 aliphatic carbocycles. The van der Waals surface area contributed by atoms with Crippen LogP contribution in [0.3, 0.4) is 0 Å². The normalized spacial score (nSPS) is 19.8. The molecular weight excluding hydrogens is 449 g/mol. The maximum atomic E-state index is 12.5. The SMILES string of the molecule is O=S1(=O)CC=C[C@@H](COCc2ccccc2)N1Cc1ccc(I)cc1. The molecule has 2 aromatic rings. The first kappa shape index (κ1) is 18.6. The molecule has 0 amide bonds. The van der Waals surface area contributed by atoms with Crippen LogP contribution in [0.25, 0.3) is 0 Å². The van der Waals surface area contributed by atoms with E-state index in [1.54, 1.807) is 10.4 Å². The van der Waals surface area contributed by atoms with E-state index >= 15 is 0 Å². The van der Waals surface area contributed by atoms with Gasteiger partial charge in [0.1, 0.15) is 0 Å². The third kappa shape index (κ3) is 5.13. The van der Waals surface area contributed by atoms with Crippen LogP contribution in [0.2, 0.25) is 0 Å². The third-order valence-electron chi connectivity index (χ3n) is 4.04. The van der Waals surface area contributed by atoms with Crippen molar-refractivity contribution in [3.05, 3.63) is 81.4 Å². The van der Waals surface area contributed by atoms with E-state index in [4.69, 9.17) is 4.74 Å². The smallest absolute Gasteiger partial charge is 0.218 e. The molecule has 1 aliphatic heterocycles. The first-order chi connectivity index (χ1) is 12.0. The molecular formula is C19H20INO3S. The molecule has 0 unspecified atom stereocenters. The standard InChI is InChI=1S/C19H20INO3S/c20-18-10-8-16(9-11-18)13-21-19(7-4-12-25(21,22)23)15-24-14-17-5-2-1-3-6-17/h1-11,19H,12-15H2/t19-/m0/s1. The van der Waals surface area contributed by atoms with Gasteiger partial charge in [0.2, 0.25) is 10.0 Å². The zero-order valence-electron chi connectivity index (χ0n) is 13.7. The van der Waals surface area contributed by atoms with Crippen molar-refractivity contribution in [1.82, 2.24) is 4.31 Å². The van der Waals surface area contributed by atoms with E-state index in [-0.39, 0.29) is 11.8 Å². The van der Waals surface area contributed by atoms with Crippen molar-refractivity contribution in [3.8, 4) is 0 Å². The van der Waals surface area contributed by atoms with Crippen molar-refractivity contribution in [3.63, 3.8) is 0 Å². The van der Waals surface area contributed by atoms with E-state index in [0.717, 1.165) is 14.7 Å². The summed E-state index contributed by atoms with van der Waals surface area (Å²) in [6, 6.07) is 17.5. The van der Waals surface area contributed by atoms with Crippen LogP contribution in [0.1, 0.15) is 11.1 Å². The van der Waals surface area contributed by atoms with Gasteiger partial charge in [-0.2, -0.15) is 4.31 Å². The summed E-state index contributed by atoms with van der Waals surface area (Å²) in [5.41, 5.74) is 2.06. The lowest BCUT2D eigenvalue weighted by atomic mass is 10.2. The second-order valence-electron chi connectivity index (χ2n) is 5.95. The summed E-state index contributed by atoms with van der Waals surface area (Å²) in [6.45, 7) is 1.18. The van der Waals surface area contributed by atoms with Crippen LogP contribution >= 0.6 is 22.6 Å². The maximum Gasteiger partial charge on any atom is 0.218 e. The fourth-order valence-electron chi connectivity index (χ4n) is 2.73. The van der Waals surface area contributed by atoms with E-state index in [1.807, 2.05) is 60.7 Å². The predicted octanol–water partition coefficient (Wildman–Crippen LogP) is 3.58. The van der Waals surface area contributed by atoms with Gasteiger partial charge < -0.3 is 4.74 Å². The van der Waals surface area contributed by atoms with E-state index in [1.165, 1.54) is 0 Å². The predicted molar refractivity (Wildman–Crippen MR) is 108 cm³/mol. The summed E-state index contributed by atoms with van der Waals surface area (Å²) >= 11 is 2.24. The summed E-state index contributed by atoms with van der Waals surface area (Å²) in [6.07, 6.45) is 3.65. The minimum absolute atomic E-state index is 0.0482. The Hall–Kier alpha value is -1.22. The number of benzene rings is 2. The van der Waals surface area contributed by atoms with Crippen LogP contribution in [0.4, 0.5) is 0 Å². The van der Waals surface area contributed by atoms with E-state index in [2.05, 4.69) is 22.6 Å². The minimum Gasteiger partial charge on any atom is -0.375 e. The van der Waals surface area contributed by atoms with Crippen LogP contribution in [-0.4, -0.2) is 31.1 Å². The number of sulfonamides is 1. The molecule has 0 saturated heterocycles. The van der Waals surface area contributed by atoms with Gasteiger partial charge in [-0.3, -0.25) is 0 Å². The minimum atomic E-state index is -3.31. The fraction of sp³-hybridized carbons (Fsp3) is 0.263. The Morgan fingerprint density at radius 3 is 2.48 bits per heavy atom. The van der Waals surface area contributed by atoms with Gasteiger partial charge in [-0.1, -0.05) is 54.6 Å². The molecule has 6 heteroatoms. The van der Waals surface area contributed by atoms with Gasteiger partial charge in [0.15, 0.2) is 0 Å². The van der Waals surface area contributed by atoms with Crippen molar-refractivity contribution in [1.29, 1.82) is 0 Å². The average molecular weight is 469 g/mol. The summed E-state index contributed by atoms with van der Waals surface area (Å²) in [5, 5.41) is 0. The highest BCUT2D eigenvalue weighted by Gasteiger charge is 2.31. The average Bonchev–Trinajstić information content (AvgIpc) is 2.60. The molecule has 132 valence electrons. The Labute approximate surface area is 162 Å². The Kier molecular flexibility index (Phi) is 6.27. The summed E-state index contributed by atoms with van der Waals surface area (Å²) < 4.78 is 33.5. The van der Waals surface area contributed by atoms with Crippen LogP contribution < -0.4 is 0 Å². The highest BCUT2D eigenvalue weighted by molar-refractivity contribution is 14.1. The highest BCUT2D eigenvalue weighted by atomic mass is 127. The Bertz CT molecular complexity index is 820. The Morgan fingerprint density at radius 2 is 1.76 bits per heavy atom. The first-order valence-corrected chi connectivity index (χ1v) is 10.8. The third-order valence-corrected chi connectivity index (χ3v) is 6.49. The maximum absolute atomic E-state index is 12.5. The zero-order chi connectivity index (χ0) is 17.7. The van der Waals surface area contributed by atoms with Gasteiger partial charge >= 0.3 is 0 Å². The van der Waals surface area contributed by atoms with Gasteiger partial charge in [0, 0.05) is 10.1 Å². The van der Waals surface area contributed by atoms with E-state index < -0.39 is 10.0 Å². The topological polar surface area (TPSA) is 46.6 Å². The molecule has 0 bridgehead atoms. The number of nitrogens with zero attached hydrogens (tertiary/aromatic N) is 1. The quantitative estimate of drug-likeness (QED) is 0.480. The van der Waals surface area contributed by atoms with Gasteiger partial charge in [0.05, 0.1) is 25.0 Å². The van der Waals surface area contributed by atoms with Crippen LogP contribution in [0.5, 0.6) is 0 Å². The van der Waals surface area contributed by atoms with E-state index in [0.29, 0.717) is 19.8 Å². The molecule has 0 saturated carbocycles. The van der Waals surface area contributed by atoms with Gasteiger partial charge in [0.25, 0.3) is 0 Å². The Balaban J connectivity index is 1.68. The molecule has 0 fully saturated rings. The summed E-state index contributed by atoms with van der Waals surface area (Å²) in [4.78, 5) is 0. The number of halogens is 1. The van der Waals surface area contributed by atoms with Crippen LogP contribution in [-0.2, 0) is 27.9 Å². The molecule has 1 heterocycles. The monoisotopic (exact) mass is 469 g/mol. The number of hydrogen-bond acceptors (Lipinski definition) is 3. The lowest BCUT2D eigenvalue weighted by Gasteiger charge is -2.31. The van der Waals surface area contributed by atoms with Crippen molar-refractivity contribution in [2.75, 3.05) is 12.4 Å². The molecule has 1 atom stereocenters. The molecule has 1 aliphatic rings. The molecule has 0 radical (unpaired) electrons. The number of rotatable bonds is 6. The van der Waals surface area contributed by atoms with Gasteiger partial charge in [-0.15, -0.1) is 0 Å². The lowest BCUT2D eigenvalue weighted by Crippen LogP contribution is -2.44. The van der Waals surface area contributed by atoms with Crippen LogP contribution in [0.15, 0.2) is 66.7 Å². The number of hydrogen-bond donors (Lipinski definition) is 0.